The lowest BCUT2D eigenvalue weighted by Gasteiger charge is -1.99. The summed E-state index contributed by atoms with van der Waals surface area (Å²) in [6.07, 6.45) is 6.75. The molecule has 0 rings (SSSR count). The third-order valence-electron chi connectivity index (χ3n) is 1.72. The lowest BCUT2D eigenvalue weighted by Crippen LogP contribution is -2.09. The topological polar surface area (TPSA) is 57.5 Å². The summed E-state index contributed by atoms with van der Waals surface area (Å²) in [5.41, 5.74) is 0. The van der Waals surface area contributed by atoms with Crippen molar-refractivity contribution in [3.63, 3.8) is 0 Å². The van der Waals surface area contributed by atoms with Crippen LogP contribution >= 0.6 is 0 Å². The van der Waals surface area contributed by atoms with Crippen molar-refractivity contribution in [3.8, 4) is 0 Å². The maximum absolute atomic E-state index is 10.2. The van der Waals surface area contributed by atoms with E-state index in [1.54, 1.807) is 6.08 Å². The summed E-state index contributed by atoms with van der Waals surface area (Å²) in [5.74, 6) is -0.967. The molecule has 2 N–H and O–H groups in total. The lowest BCUT2D eigenvalue weighted by molar-refractivity contribution is -0.138. The Morgan fingerprint density at radius 3 is 2.69 bits per heavy atom. The number of hydrogen-bond donors (Lipinski definition) is 2. The summed E-state index contributed by atoms with van der Waals surface area (Å²) in [6.45, 7) is 2.13. The molecule has 13 heavy (non-hydrogen) atoms. The summed E-state index contributed by atoms with van der Waals surface area (Å²) in [7, 11) is 0. The van der Waals surface area contributed by atoms with Crippen molar-refractivity contribution in [1.82, 2.24) is 0 Å². The first-order valence-corrected chi connectivity index (χ1v) is 4.73. The van der Waals surface area contributed by atoms with Gasteiger partial charge in [0.05, 0.1) is 12.5 Å². The summed E-state index contributed by atoms with van der Waals surface area (Å²) < 4.78 is 0. The first kappa shape index (κ1) is 12.2. The number of unbranched alkanes of at least 4 members (excludes halogenated alkanes) is 3. The summed E-state index contributed by atoms with van der Waals surface area (Å²) in [5, 5.41) is 17.4. The third-order valence-corrected chi connectivity index (χ3v) is 1.72. The molecule has 0 fully saturated rings. The van der Waals surface area contributed by atoms with Crippen LogP contribution in [0.25, 0.3) is 0 Å². The van der Waals surface area contributed by atoms with Gasteiger partial charge in [0.1, 0.15) is 0 Å². The fourth-order valence-electron chi connectivity index (χ4n) is 1.01. The molecule has 0 aromatic rings. The van der Waals surface area contributed by atoms with Crippen LogP contribution in [0.15, 0.2) is 12.2 Å². The number of rotatable bonds is 7. The van der Waals surface area contributed by atoms with Crippen LogP contribution in [-0.2, 0) is 4.79 Å². The Balaban J connectivity index is 3.41. The molecule has 3 heteroatoms. The Morgan fingerprint density at radius 1 is 1.46 bits per heavy atom. The number of carboxylic acid groups (broad SMARTS) is 1. The molecular formula is C10H18O3. The SMILES string of the molecule is CCCCC/C=C/C(O)CC(=O)O. The van der Waals surface area contributed by atoms with E-state index < -0.39 is 12.1 Å². The molecule has 1 unspecified atom stereocenters. The molecule has 0 aliphatic rings. The summed E-state index contributed by atoms with van der Waals surface area (Å²) >= 11 is 0. The van der Waals surface area contributed by atoms with Crippen molar-refractivity contribution in [2.45, 2.75) is 45.1 Å². The highest BCUT2D eigenvalue weighted by Crippen LogP contribution is 2.01. The number of aliphatic hydroxyl groups excluding tert-OH is 1. The lowest BCUT2D eigenvalue weighted by atomic mass is 10.1. The minimum atomic E-state index is -0.967. The smallest absolute Gasteiger partial charge is 0.306 e. The van der Waals surface area contributed by atoms with Crippen molar-refractivity contribution in [2.24, 2.45) is 0 Å². The van der Waals surface area contributed by atoms with Crippen LogP contribution in [0.3, 0.4) is 0 Å². The molecule has 0 aromatic carbocycles. The standard InChI is InChI=1S/C10H18O3/c1-2-3-4-5-6-7-9(11)8-10(12)13/h6-7,9,11H,2-5,8H2,1H3,(H,12,13)/b7-6+. The Bertz CT molecular complexity index is 164. The summed E-state index contributed by atoms with van der Waals surface area (Å²) in [6, 6.07) is 0. The second kappa shape index (κ2) is 7.80. The van der Waals surface area contributed by atoms with E-state index in [0.717, 1.165) is 12.8 Å². The minimum absolute atomic E-state index is 0.204. The molecular weight excluding hydrogens is 168 g/mol. The van der Waals surface area contributed by atoms with Gasteiger partial charge in [-0.05, 0) is 12.8 Å². The zero-order valence-electron chi connectivity index (χ0n) is 8.07. The summed E-state index contributed by atoms with van der Waals surface area (Å²) in [4.78, 5) is 10.2. The van der Waals surface area contributed by atoms with Crippen molar-refractivity contribution in [3.05, 3.63) is 12.2 Å². The van der Waals surface area contributed by atoms with E-state index in [0.29, 0.717) is 0 Å². The first-order chi connectivity index (χ1) is 6.16. The normalized spacial score (nSPS) is 13.4. The number of allylic oxidation sites excluding steroid dienone is 1. The van der Waals surface area contributed by atoms with Gasteiger partial charge in [-0.2, -0.15) is 0 Å². The second-order valence-corrected chi connectivity index (χ2v) is 3.09. The van der Waals surface area contributed by atoms with E-state index in [4.69, 9.17) is 10.2 Å². The first-order valence-electron chi connectivity index (χ1n) is 4.73. The van der Waals surface area contributed by atoms with Crippen LogP contribution in [0, 0.1) is 0 Å². The van der Waals surface area contributed by atoms with Crippen molar-refractivity contribution in [2.75, 3.05) is 0 Å². The highest BCUT2D eigenvalue weighted by molar-refractivity contribution is 5.67. The monoisotopic (exact) mass is 186 g/mol. The second-order valence-electron chi connectivity index (χ2n) is 3.09. The van der Waals surface area contributed by atoms with E-state index in [2.05, 4.69) is 6.92 Å². The average Bonchev–Trinajstić information content (AvgIpc) is 2.02. The molecule has 3 nitrogen and oxygen atoms in total. The van der Waals surface area contributed by atoms with Gasteiger partial charge in [-0.25, -0.2) is 0 Å². The molecule has 0 saturated carbocycles. The van der Waals surface area contributed by atoms with Crippen LogP contribution in [0.5, 0.6) is 0 Å². The Kier molecular flexibility index (Phi) is 7.30. The molecule has 1 atom stereocenters. The van der Waals surface area contributed by atoms with E-state index in [-0.39, 0.29) is 6.42 Å². The van der Waals surface area contributed by atoms with Crippen LogP contribution in [0.4, 0.5) is 0 Å². The molecule has 0 aliphatic heterocycles. The third kappa shape index (κ3) is 9.08. The van der Waals surface area contributed by atoms with Crippen molar-refractivity contribution in [1.29, 1.82) is 0 Å². The maximum Gasteiger partial charge on any atom is 0.306 e. The molecule has 0 amide bonds. The number of hydrogen-bond acceptors (Lipinski definition) is 2. The quantitative estimate of drug-likeness (QED) is 0.472. The molecule has 0 heterocycles. The number of carboxylic acids is 1. The van der Waals surface area contributed by atoms with Gasteiger partial charge in [0, 0.05) is 0 Å². The average molecular weight is 186 g/mol. The Labute approximate surface area is 79.1 Å². The minimum Gasteiger partial charge on any atom is -0.481 e. The van der Waals surface area contributed by atoms with Gasteiger partial charge in [-0.15, -0.1) is 0 Å². The molecule has 0 saturated heterocycles. The van der Waals surface area contributed by atoms with Crippen LogP contribution < -0.4 is 0 Å². The molecule has 0 aromatic heterocycles. The van der Waals surface area contributed by atoms with Gasteiger partial charge in [0.15, 0.2) is 0 Å². The fraction of sp³-hybridized carbons (Fsp3) is 0.700. The Morgan fingerprint density at radius 2 is 2.15 bits per heavy atom. The number of aliphatic hydroxyl groups is 1. The van der Waals surface area contributed by atoms with E-state index in [1.807, 2.05) is 6.08 Å². The van der Waals surface area contributed by atoms with Crippen LogP contribution in [0.1, 0.15) is 39.0 Å². The highest BCUT2D eigenvalue weighted by Gasteiger charge is 2.03. The van der Waals surface area contributed by atoms with Gasteiger partial charge in [-0.3, -0.25) is 4.79 Å². The Hall–Kier alpha value is -0.830. The van der Waals surface area contributed by atoms with Gasteiger partial charge in [0.2, 0.25) is 0 Å². The van der Waals surface area contributed by atoms with Gasteiger partial charge < -0.3 is 10.2 Å². The van der Waals surface area contributed by atoms with Gasteiger partial charge in [0.25, 0.3) is 0 Å². The van der Waals surface area contributed by atoms with Crippen LogP contribution in [0.2, 0.25) is 0 Å². The molecule has 0 aliphatic carbocycles. The number of carbonyl (C=O) groups is 1. The predicted molar refractivity (Wildman–Crippen MR) is 51.5 cm³/mol. The van der Waals surface area contributed by atoms with Crippen LogP contribution in [-0.4, -0.2) is 22.3 Å². The zero-order valence-corrected chi connectivity index (χ0v) is 8.07. The molecule has 0 radical (unpaired) electrons. The predicted octanol–water partition coefficient (Wildman–Crippen LogP) is 1.96. The highest BCUT2D eigenvalue weighted by atomic mass is 16.4. The number of aliphatic carboxylic acids is 1. The van der Waals surface area contributed by atoms with Gasteiger partial charge in [-0.1, -0.05) is 31.9 Å². The van der Waals surface area contributed by atoms with E-state index in [1.165, 1.54) is 12.8 Å². The van der Waals surface area contributed by atoms with E-state index in [9.17, 15) is 4.79 Å². The van der Waals surface area contributed by atoms with Gasteiger partial charge >= 0.3 is 5.97 Å². The molecule has 0 bridgehead atoms. The largest absolute Gasteiger partial charge is 0.481 e. The molecule has 76 valence electrons. The fourth-order valence-corrected chi connectivity index (χ4v) is 1.01. The van der Waals surface area contributed by atoms with Crippen molar-refractivity contribution < 1.29 is 15.0 Å². The van der Waals surface area contributed by atoms with Crippen molar-refractivity contribution >= 4 is 5.97 Å². The van der Waals surface area contributed by atoms with E-state index >= 15 is 0 Å². The maximum atomic E-state index is 10.2. The molecule has 0 spiro atoms. The zero-order chi connectivity index (χ0) is 10.1.